The Morgan fingerprint density at radius 3 is 2.69 bits per heavy atom. The number of benzene rings is 2. The highest BCUT2D eigenvalue weighted by atomic mass is 35.5. The van der Waals surface area contributed by atoms with Crippen LogP contribution < -0.4 is 10.2 Å². The Labute approximate surface area is 222 Å². The third-order valence-corrected chi connectivity index (χ3v) is 9.08. The van der Waals surface area contributed by atoms with E-state index in [1.54, 1.807) is 6.33 Å². The number of nitrogens with one attached hydrogen (secondary N) is 1. The van der Waals surface area contributed by atoms with Crippen LogP contribution in [0.25, 0.3) is 0 Å². The van der Waals surface area contributed by atoms with Gasteiger partial charge in [0.1, 0.15) is 12.2 Å². The summed E-state index contributed by atoms with van der Waals surface area (Å²) in [5.41, 5.74) is 4.34. The molecular weight excluding hydrogens is 493 g/mol. The van der Waals surface area contributed by atoms with Gasteiger partial charge in [-0.25, -0.2) is 0 Å². The zero-order valence-electron chi connectivity index (χ0n) is 20.7. The van der Waals surface area contributed by atoms with Crippen molar-refractivity contribution in [2.75, 3.05) is 11.4 Å². The summed E-state index contributed by atoms with van der Waals surface area (Å²) in [6, 6.07) is 12.4. The summed E-state index contributed by atoms with van der Waals surface area (Å²) in [7, 11) is 1.96. The smallest absolute Gasteiger partial charge is 0.258 e. The fourth-order valence-corrected chi connectivity index (χ4v) is 6.75. The predicted molar refractivity (Wildman–Crippen MR) is 143 cm³/mol. The topological polar surface area (TPSA) is 63.1 Å². The minimum atomic E-state index is -0.296. The standard InChI is InChI=1S/C28H31Cl2N5O/c1-17(31-14-18-5-3-6-18)19-9-23-24(25(30)10-19)15-35(26(23)36)22-8-4-7-20(11-22)28(12-21(29)13-28)27-33-32-16-34(27)2/h4,7-11,16-18,21,31H,3,5-6,12-15H2,1-2H3/t17-,21?,28?/m1/s1. The average Bonchev–Trinajstić information content (AvgIpc) is 3.39. The Morgan fingerprint density at radius 2 is 2.03 bits per heavy atom. The molecule has 0 saturated heterocycles. The molecule has 0 unspecified atom stereocenters. The van der Waals surface area contributed by atoms with E-state index in [1.165, 1.54) is 19.3 Å². The maximum absolute atomic E-state index is 13.6. The quantitative estimate of drug-likeness (QED) is 0.399. The van der Waals surface area contributed by atoms with E-state index in [-0.39, 0.29) is 22.7 Å². The Hall–Kier alpha value is -2.41. The number of hydrogen-bond donors (Lipinski definition) is 1. The third kappa shape index (κ3) is 3.94. The lowest BCUT2D eigenvalue weighted by atomic mass is 9.63. The normalized spacial score (nSPS) is 24.4. The molecule has 1 aromatic heterocycles. The second kappa shape index (κ2) is 9.16. The van der Waals surface area contributed by atoms with Crippen molar-refractivity contribution in [3.63, 3.8) is 0 Å². The van der Waals surface area contributed by atoms with Gasteiger partial charge in [0, 0.05) is 40.3 Å². The minimum absolute atomic E-state index is 0.00590. The Morgan fingerprint density at radius 1 is 1.22 bits per heavy atom. The van der Waals surface area contributed by atoms with E-state index < -0.39 is 0 Å². The SMILES string of the molecule is C[C@@H](NCC1CCC1)c1cc(Cl)c2c(c1)C(=O)N(c1cccc(C3(c4nncn4C)CC(Cl)C3)c1)C2. The van der Waals surface area contributed by atoms with E-state index in [2.05, 4.69) is 34.6 Å². The summed E-state index contributed by atoms with van der Waals surface area (Å²) in [4.78, 5) is 15.5. The van der Waals surface area contributed by atoms with Gasteiger partial charge in [0.15, 0.2) is 0 Å². The number of fused-ring (bicyclic) bond motifs is 1. The molecule has 2 aliphatic carbocycles. The zero-order valence-corrected chi connectivity index (χ0v) is 22.2. The number of carbonyl (C=O) groups excluding carboxylic acids is 1. The van der Waals surface area contributed by atoms with Crippen LogP contribution >= 0.6 is 23.2 Å². The molecule has 1 amide bonds. The van der Waals surface area contributed by atoms with Gasteiger partial charge in [-0.3, -0.25) is 4.79 Å². The van der Waals surface area contributed by atoms with Crippen molar-refractivity contribution in [1.29, 1.82) is 0 Å². The van der Waals surface area contributed by atoms with Crippen molar-refractivity contribution < 1.29 is 4.79 Å². The van der Waals surface area contributed by atoms with Gasteiger partial charge in [-0.05, 0) is 80.5 Å². The van der Waals surface area contributed by atoms with Crippen LogP contribution in [0.5, 0.6) is 0 Å². The first-order valence-corrected chi connectivity index (χ1v) is 13.6. The Balaban J connectivity index is 1.28. The summed E-state index contributed by atoms with van der Waals surface area (Å²) in [5.74, 6) is 1.67. The molecule has 2 fully saturated rings. The molecule has 1 atom stereocenters. The molecule has 6 nitrogen and oxygen atoms in total. The summed E-state index contributed by atoms with van der Waals surface area (Å²) >= 11 is 13.2. The summed E-state index contributed by atoms with van der Waals surface area (Å²) in [6.07, 6.45) is 7.26. The van der Waals surface area contributed by atoms with Gasteiger partial charge in [0.05, 0.1) is 12.0 Å². The monoisotopic (exact) mass is 523 g/mol. The lowest BCUT2D eigenvalue weighted by molar-refractivity contribution is 0.0996. The van der Waals surface area contributed by atoms with Gasteiger partial charge < -0.3 is 14.8 Å². The van der Waals surface area contributed by atoms with Gasteiger partial charge in [-0.15, -0.1) is 21.8 Å². The van der Waals surface area contributed by atoms with E-state index in [0.717, 1.165) is 53.5 Å². The molecule has 0 bridgehead atoms. The van der Waals surface area contributed by atoms with Crippen molar-refractivity contribution in [1.82, 2.24) is 20.1 Å². The fourth-order valence-electron chi connectivity index (χ4n) is 5.93. The molecule has 0 radical (unpaired) electrons. The van der Waals surface area contributed by atoms with Crippen LogP contribution in [-0.2, 0) is 19.0 Å². The molecule has 188 valence electrons. The van der Waals surface area contributed by atoms with Crippen molar-refractivity contribution in [3.8, 4) is 0 Å². The predicted octanol–water partition coefficient (Wildman–Crippen LogP) is 5.77. The fraction of sp³-hybridized carbons (Fsp3) is 0.464. The maximum atomic E-state index is 13.6. The van der Waals surface area contributed by atoms with Crippen LogP contribution in [-0.4, -0.2) is 32.6 Å². The highest BCUT2D eigenvalue weighted by Crippen LogP contribution is 2.51. The van der Waals surface area contributed by atoms with E-state index in [1.807, 2.05) is 40.8 Å². The van der Waals surface area contributed by atoms with E-state index >= 15 is 0 Å². The molecule has 36 heavy (non-hydrogen) atoms. The number of rotatable bonds is 7. The molecule has 1 aliphatic heterocycles. The first kappa shape index (κ1) is 24.0. The van der Waals surface area contributed by atoms with Gasteiger partial charge in [-0.1, -0.05) is 30.2 Å². The largest absolute Gasteiger partial charge is 0.320 e. The van der Waals surface area contributed by atoms with Gasteiger partial charge >= 0.3 is 0 Å². The van der Waals surface area contributed by atoms with E-state index in [0.29, 0.717) is 17.1 Å². The summed E-state index contributed by atoms with van der Waals surface area (Å²) < 4.78 is 1.97. The molecule has 2 saturated carbocycles. The zero-order chi connectivity index (χ0) is 25.0. The number of amides is 1. The van der Waals surface area contributed by atoms with Crippen LogP contribution in [0.15, 0.2) is 42.7 Å². The average molecular weight is 524 g/mol. The van der Waals surface area contributed by atoms with E-state index in [9.17, 15) is 4.79 Å². The van der Waals surface area contributed by atoms with Crippen molar-refractivity contribution in [2.24, 2.45) is 13.0 Å². The second-order valence-corrected chi connectivity index (χ2v) is 11.8. The summed E-state index contributed by atoms with van der Waals surface area (Å²) in [5, 5.41) is 12.9. The molecule has 3 aromatic rings. The van der Waals surface area contributed by atoms with Crippen molar-refractivity contribution in [2.45, 2.75) is 62.4 Å². The van der Waals surface area contributed by atoms with Crippen LogP contribution in [0.4, 0.5) is 5.69 Å². The lowest BCUT2D eigenvalue weighted by Crippen LogP contribution is -2.45. The second-order valence-electron chi connectivity index (χ2n) is 10.8. The van der Waals surface area contributed by atoms with Crippen LogP contribution in [0, 0.1) is 5.92 Å². The van der Waals surface area contributed by atoms with E-state index in [4.69, 9.17) is 23.2 Å². The van der Waals surface area contributed by atoms with Crippen LogP contribution in [0.1, 0.15) is 77.9 Å². The number of carbonyl (C=O) groups is 1. The maximum Gasteiger partial charge on any atom is 0.258 e. The minimum Gasteiger partial charge on any atom is -0.320 e. The molecular formula is C28H31Cl2N5O. The molecule has 2 heterocycles. The van der Waals surface area contributed by atoms with Gasteiger partial charge in [-0.2, -0.15) is 0 Å². The first-order chi connectivity index (χ1) is 17.4. The Kier molecular flexibility index (Phi) is 6.09. The van der Waals surface area contributed by atoms with Crippen LogP contribution in [0.2, 0.25) is 5.02 Å². The highest BCUT2D eigenvalue weighted by Gasteiger charge is 2.49. The van der Waals surface area contributed by atoms with Crippen LogP contribution in [0.3, 0.4) is 0 Å². The Bertz CT molecular complexity index is 1310. The number of hydrogen-bond acceptors (Lipinski definition) is 4. The summed E-state index contributed by atoms with van der Waals surface area (Å²) in [6.45, 7) is 3.63. The molecule has 2 aromatic carbocycles. The number of aryl methyl sites for hydroxylation is 1. The molecule has 0 spiro atoms. The number of aromatic nitrogens is 3. The lowest BCUT2D eigenvalue weighted by Gasteiger charge is -2.44. The molecule has 1 N–H and O–H groups in total. The van der Waals surface area contributed by atoms with Gasteiger partial charge in [0.25, 0.3) is 5.91 Å². The number of anilines is 1. The highest BCUT2D eigenvalue weighted by molar-refractivity contribution is 6.32. The third-order valence-electron chi connectivity index (χ3n) is 8.44. The molecule has 3 aliphatic rings. The number of alkyl halides is 1. The van der Waals surface area contributed by atoms with Crippen molar-refractivity contribution >= 4 is 34.8 Å². The van der Waals surface area contributed by atoms with Gasteiger partial charge in [0.2, 0.25) is 0 Å². The molecule has 6 rings (SSSR count). The first-order valence-electron chi connectivity index (χ1n) is 12.8. The number of nitrogens with zero attached hydrogens (tertiary/aromatic N) is 4. The molecule has 8 heteroatoms. The van der Waals surface area contributed by atoms with Crippen molar-refractivity contribution in [3.05, 3.63) is 75.8 Å². The number of halogens is 2.